The maximum atomic E-state index is 11.0. The largest absolute Gasteiger partial charge is 0.358 e. The summed E-state index contributed by atoms with van der Waals surface area (Å²) in [5.41, 5.74) is 1.49. The number of nitrogens with zero attached hydrogens (tertiary/aromatic N) is 4. The van der Waals surface area contributed by atoms with E-state index in [0.29, 0.717) is 5.56 Å². The number of aryl methyl sites for hydroxylation is 1. The van der Waals surface area contributed by atoms with Crippen molar-refractivity contribution < 1.29 is 9.53 Å². The summed E-state index contributed by atoms with van der Waals surface area (Å²) in [6.45, 7) is 1.81. The SMILES string of the molecule is Cc1cc(-c2no[n+]([O-])c2C#N)ccn1. The molecule has 0 fully saturated rings. The molecular weight excluding hydrogens is 196 g/mol. The van der Waals surface area contributed by atoms with Gasteiger partial charge < -0.3 is 5.21 Å². The van der Waals surface area contributed by atoms with E-state index in [0.717, 1.165) is 5.69 Å². The van der Waals surface area contributed by atoms with Crippen molar-refractivity contribution in [3.05, 3.63) is 34.9 Å². The lowest BCUT2D eigenvalue weighted by Gasteiger charge is -1.93. The monoisotopic (exact) mass is 202 g/mol. The molecule has 2 rings (SSSR count). The van der Waals surface area contributed by atoms with Gasteiger partial charge in [0.25, 0.3) is 5.69 Å². The minimum absolute atomic E-state index is 0.0884. The quantitative estimate of drug-likeness (QED) is 0.630. The van der Waals surface area contributed by atoms with Crippen molar-refractivity contribution in [1.29, 1.82) is 5.26 Å². The molecule has 0 atom stereocenters. The van der Waals surface area contributed by atoms with Gasteiger partial charge in [0, 0.05) is 22.6 Å². The first-order valence-electron chi connectivity index (χ1n) is 4.15. The van der Waals surface area contributed by atoms with Crippen molar-refractivity contribution in [3.63, 3.8) is 0 Å². The molecule has 0 aliphatic heterocycles. The van der Waals surface area contributed by atoms with Gasteiger partial charge in [-0.1, -0.05) is 0 Å². The fourth-order valence-electron chi connectivity index (χ4n) is 1.22. The second kappa shape index (κ2) is 3.38. The van der Waals surface area contributed by atoms with Crippen LogP contribution in [0.5, 0.6) is 0 Å². The molecule has 0 bridgehead atoms. The lowest BCUT2D eigenvalue weighted by molar-refractivity contribution is -0.804. The van der Waals surface area contributed by atoms with E-state index >= 15 is 0 Å². The van der Waals surface area contributed by atoms with E-state index in [4.69, 9.17) is 5.26 Å². The van der Waals surface area contributed by atoms with Crippen LogP contribution in [0.25, 0.3) is 11.3 Å². The van der Waals surface area contributed by atoms with E-state index < -0.39 is 0 Å². The first-order valence-corrected chi connectivity index (χ1v) is 4.15. The zero-order valence-corrected chi connectivity index (χ0v) is 7.84. The summed E-state index contributed by atoms with van der Waals surface area (Å²) in [7, 11) is 0. The van der Waals surface area contributed by atoms with Gasteiger partial charge in [0.2, 0.25) is 0 Å². The van der Waals surface area contributed by atoms with Crippen LogP contribution in [0, 0.1) is 23.5 Å². The van der Waals surface area contributed by atoms with Crippen LogP contribution in [0.3, 0.4) is 0 Å². The second-order valence-corrected chi connectivity index (χ2v) is 2.92. The van der Waals surface area contributed by atoms with E-state index in [9.17, 15) is 5.21 Å². The minimum Gasteiger partial charge on any atom is -0.358 e. The second-order valence-electron chi connectivity index (χ2n) is 2.92. The van der Waals surface area contributed by atoms with Gasteiger partial charge >= 0.3 is 5.69 Å². The number of hydrogen-bond donors (Lipinski definition) is 0. The van der Waals surface area contributed by atoms with E-state index in [2.05, 4.69) is 14.8 Å². The average molecular weight is 202 g/mol. The summed E-state index contributed by atoms with van der Waals surface area (Å²) >= 11 is 0. The van der Waals surface area contributed by atoms with Gasteiger partial charge in [-0.15, -0.1) is 0 Å². The molecule has 0 unspecified atom stereocenters. The molecule has 2 aromatic rings. The van der Waals surface area contributed by atoms with Crippen molar-refractivity contribution in [3.8, 4) is 17.3 Å². The minimum atomic E-state index is -0.152. The van der Waals surface area contributed by atoms with Crippen LogP contribution in [-0.4, -0.2) is 10.1 Å². The van der Waals surface area contributed by atoms with Gasteiger partial charge in [-0.2, -0.15) is 5.26 Å². The van der Waals surface area contributed by atoms with E-state index in [1.54, 1.807) is 31.3 Å². The predicted octanol–water partition coefficient (Wildman–Crippen LogP) is 0.550. The highest BCUT2D eigenvalue weighted by Crippen LogP contribution is 2.18. The standard InChI is InChI=1S/C9H6N4O2/c1-6-4-7(2-3-11-6)9-8(5-10)13(14)15-12-9/h2-4H,1H3. The van der Waals surface area contributed by atoms with Crippen LogP contribution >= 0.6 is 0 Å². The molecule has 0 N–H and O–H groups in total. The van der Waals surface area contributed by atoms with Crippen molar-refractivity contribution in [2.75, 3.05) is 0 Å². The Balaban J connectivity index is 2.60. The molecule has 0 aliphatic rings. The average Bonchev–Trinajstić information content (AvgIpc) is 2.59. The normalized spacial score (nSPS) is 9.87. The van der Waals surface area contributed by atoms with Gasteiger partial charge in [0.15, 0.2) is 6.07 Å². The molecule has 2 heterocycles. The molecule has 0 aromatic carbocycles. The zero-order chi connectivity index (χ0) is 10.8. The zero-order valence-electron chi connectivity index (χ0n) is 7.84. The van der Waals surface area contributed by atoms with Crippen LogP contribution in [0.1, 0.15) is 11.4 Å². The van der Waals surface area contributed by atoms with Crippen molar-refractivity contribution in [1.82, 2.24) is 10.1 Å². The Bertz CT molecular complexity index is 541. The Labute approximate surface area is 84.9 Å². The summed E-state index contributed by atoms with van der Waals surface area (Å²) < 4.78 is 4.35. The summed E-state index contributed by atoms with van der Waals surface area (Å²) in [6, 6.07) is 5.11. The predicted molar refractivity (Wildman–Crippen MR) is 48.1 cm³/mol. The lowest BCUT2D eigenvalue weighted by atomic mass is 10.1. The molecule has 0 radical (unpaired) electrons. The van der Waals surface area contributed by atoms with Crippen LogP contribution < -0.4 is 4.90 Å². The maximum Gasteiger partial charge on any atom is 0.302 e. The van der Waals surface area contributed by atoms with E-state index in [-0.39, 0.29) is 16.3 Å². The molecule has 6 nitrogen and oxygen atoms in total. The van der Waals surface area contributed by atoms with Crippen molar-refractivity contribution in [2.45, 2.75) is 6.92 Å². The fraction of sp³-hybridized carbons (Fsp3) is 0.111. The lowest BCUT2D eigenvalue weighted by Crippen LogP contribution is -2.26. The number of hydrogen-bond acceptors (Lipinski definition) is 5. The number of aromatic nitrogens is 3. The van der Waals surface area contributed by atoms with Gasteiger partial charge in [-0.3, -0.25) is 9.61 Å². The number of pyridine rings is 1. The Kier molecular flexibility index (Phi) is 2.06. The fourth-order valence-corrected chi connectivity index (χ4v) is 1.22. The summed E-state index contributed by atoms with van der Waals surface area (Å²) in [5.74, 6) is 0. The third-order valence-corrected chi connectivity index (χ3v) is 1.89. The molecule has 74 valence electrons. The van der Waals surface area contributed by atoms with Crippen LogP contribution in [0.4, 0.5) is 0 Å². The van der Waals surface area contributed by atoms with E-state index in [1.165, 1.54) is 0 Å². The third kappa shape index (κ3) is 1.50. The first kappa shape index (κ1) is 9.15. The highest BCUT2D eigenvalue weighted by molar-refractivity contribution is 5.62. The molecule has 0 aliphatic carbocycles. The van der Waals surface area contributed by atoms with Gasteiger partial charge in [0.05, 0.1) is 0 Å². The summed E-state index contributed by atoms with van der Waals surface area (Å²) in [5, 5.41) is 23.2. The smallest absolute Gasteiger partial charge is 0.302 e. The van der Waals surface area contributed by atoms with Crippen molar-refractivity contribution >= 4 is 0 Å². The molecule has 0 saturated carbocycles. The highest BCUT2D eigenvalue weighted by atomic mass is 16.8. The third-order valence-electron chi connectivity index (χ3n) is 1.89. The van der Waals surface area contributed by atoms with Crippen molar-refractivity contribution in [2.24, 2.45) is 0 Å². The Morgan fingerprint density at radius 2 is 2.40 bits per heavy atom. The molecule has 15 heavy (non-hydrogen) atoms. The van der Waals surface area contributed by atoms with Crippen LogP contribution in [0.2, 0.25) is 0 Å². The van der Waals surface area contributed by atoms with E-state index in [1.807, 2.05) is 0 Å². The number of nitriles is 1. The van der Waals surface area contributed by atoms with Gasteiger partial charge in [-0.25, -0.2) is 0 Å². The molecular formula is C9H6N4O2. The Hall–Kier alpha value is -2.42. The molecule has 0 spiro atoms. The summed E-state index contributed by atoms with van der Waals surface area (Å²) in [4.78, 5) is 4.09. The Morgan fingerprint density at radius 3 is 3.07 bits per heavy atom. The molecule has 0 amide bonds. The first-order chi connectivity index (χ1) is 7.22. The molecule has 6 heteroatoms. The summed E-state index contributed by atoms with van der Waals surface area (Å²) in [6.07, 6.45) is 1.58. The van der Waals surface area contributed by atoms with Gasteiger partial charge in [-0.05, 0) is 24.0 Å². The highest BCUT2D eigenvalue weighted by Gasteiger charge is 2.20. The van der Waals surface area contributed by atoms with Crippen LogP contribution in [0.15, 0.2) is 23.0 Å². The molecule has 0 saturated heterocycles. The van der Waals surface area contributed by atoms with Gasteiger partial charge in [0.1, 0.15) is 0 Å². The Morgan fingerprint density at radius 1 is 1.60 bits per heavy atom. The number of rotatable bonds is 1. The van der Waals surface area contributed by atoms with Crippen LogP contribution in [-0.2, 0) is 0 Å². The maximum absolute atomic E-state index is 11.0. The topological polar surface area (TPSA) is 89.6 Å². The molecule has 2 aromatic heterocycles.